The number of amides is 2. The third-order valence-corrected chi connectivity index (χ3v) is 6.40. The SMILES string of the molecule is COc1cc2c(cc1OC)C(c1ccccc1)N(C(=O)C1CC(=O)N(C(C)C)C1)CC2. The molecule has 0 spiro atoms. The van der Waals surface area contributed by atoms with Crippen LogP contribution >= 0.6 is 0 Å². The molecule has 2 atom stereocenters. The maximum absolute atomic E-state index is 13.7. The van der Waals surface area contributed by atoms with Crippen molar-refractivity contribution in [2.75, 3.05) is 27.3 Å². The molecule has 31 heavy (non-hydrogen) atoms. The van der Waals surface area contributed by atoms with Gasteiger partial charge in [-0.15, -0.1) is 0 Å². The normalized spacial score (nSPS) is 20.7. The number of benzene rings is 2. The zero-order chi connectivity index (χ0) is 22.1. The summed E-state index contributed by atoms with van der Waals surface area (Å²) in [4.78, 5) is 29.9. The van der Waals surface area contributed by atoms with Crippen LogP contribution in [0.15, 0.2) is 42.5 Å². The number of nitrogens with zero attached hydrogens (tertiary/aromatic N) is 2. The average molecular weight is 423 g/mol. The Morgan fingerprint density at radius 1 is 1.06 bits per heavy atom. The van der Waals surface area contributed by atoms with Gasteiger partial charge in [0.1, 0.15) is 0 Å². The predicted octanol–water partition coefficient (Wildman–Crippen LogP) is 3.43. The maximum Gasteiger partial charge on any atom is 0.228 e. The molecule has 2 aromatic carbocycles. The van der Waals surface area contributed by atoms with E-state index < -0.39 is 0 Å². The van der Waals surface area contributed by atoms with E-state index >= 15 is 0 Å². The first-order valence-corrected chi connectivity index (χ1v) is 10.8. The van der Waals surface area contributed by atoms with Crippen molar-refractivity contribution < 1.29 is 19.1 Å². The number of hydrogen-bond acceptors (Lipinski definition) is 4. The fraction of sp³-hybridized carbons (Fsp3) is 0.440. The van der Waals surface area contributed by atoms with Crippen LogP contribution in [0.25, 0.3) is 0 Å². The molecule has 1 fully saturated rings. The molecule has 164 valence electrons. The molecule has 0 N–H and O–H groups in total. The van der Waals surface area contributed by atoms with Crippen LogP contribution in [-0.4, -0.2) is 55.0 Å². The summed E-state index contributed by atoms with van der Waals surface area (Å²) in [7, 11) is 3.26. The highest BCUT2D eigenvalue weighted by molar-refractivity contribution is 5.90. The molecule has 0 bridgehead atoms. The number of hydrogen-bond donors (Lipinski definition) is 0. The first-order chi connectivity index (χ1) is 14.9. The van der Waals surface area contributed by atoms with Gasteiger partial charge in [-0.3, -0.25) is 9.59 Å². The third-order valence-electron chi connectivity index (χ3n) is 6.40. The molecule has 2 aliphatic rings. The van der Waals surface area contributed by atoms with E-state index in [1.54, 1.807) is 14.2 Å². The summed E-state index contributed by atoms with van der Waals surface area (Å²) < 4.78 is 11.1. The molecule has 0 aromatic heterocycles. The topological polar surface area (TPSA) is 59.1 Å². The standard InChI is InChI=1S/C25H30N2O4/c1-16(2)27-15-19(13-23(27)28)25(29)26-11-10-18-12-21(30-3)22(31-4)14-20(18)24(26)17-8-6-5-7-9-17/h5-9,12,14,16,19,24H,10-11,13,15H2,1-4H3. The first-order valence-electron chi connectivity index (χ1n) is 10.8. The van der Waals surface area contributed by atoms with Crippen LogP contribution in [0.1, 0.15) is 43.0 Å². The molecule has 4 rings (SSSR count). The molecule has 6 heteroatoms. The van der Waals surface area contributed by atoms with E-state index in [0.29, 0.717) is 24.6 Å². The highest BCUT2D eigenvalue weighted by Gasteiger charge is 2.41. The van der Waals surface area contributed by atoms with Gasteiger partial charge in [-0.1, -0.05) is 30.3 Å². The van der Waals surface area contributed by atoms with Gasteiger partial charge in [-0.05, 0) is 49.1 Å². The molecule has 0 aliphatic carbocycles. The Kier molecular flexibility index (Phi) is 5.90. The number of carbonyl (C=O) groups excluding carboxylic acids is 2. The summed E-state index contributed by atoms with van der Waals surface area (Å²) >= 11 is 0. The van der Waals surface area contributed by atoms with Crippen molar-refractivity contribution in [2.24, 2.45) is 5.92 Å². The number of rotatable bonds is 5. The zero-order valence-corrected chi connectivity index (χ0v) is 18.6. The number of fused-ring (bicyclic) bond motifs is 1. The summed E-state index contributed by atoms with van der Waals surface area (Å²) in [6.07, 6.45) is 1.02. The third kappa shape index (κ3) is 3.87. The first kappa shape index (κ1) is 21.2. The quantitative estimate of drug-likeness (QED) is 0.741. The van der Waals surface area contributed by atoms with E-state index in [0.717, 1.165) is 23.1 Å². The summed E-state index contributed by atoms with van der Waals surface area (Å²) in [6.45, 7) is 5.09. The number of carbonyl (C=O) groups is 2. The molecule has 2 aromatic rings. The smallest absolute Gasteiger partial charge is 0.228 e. The predicted molar refractivity (Wildman–Crippen MR) is 118 cm³/mol. The Morgan fingerprint density at radius 2 is 1.74 bits per heavy atom. The van der Waals surface area contributed by atoms with Gasteiger partial charge in [-0.25, -0.2) is 0 Å². The van der Waals surface area contributed by atoms with Crippen LogP contribution in [-0.2, 0) is 16.0 Å². The Bertz CT molecular complexity index is 973. The van der Waals surface area contributed by atoms with Crippen molar-refractivity contribution in [3.8, 4) is 11.5 Å². The van der Waals surface area contributed by atoms with Crippen molar-refractivity contribution in [1.29, 1.82) is 0 Å². The number of ether oxygens (including phenoxy) is 2. The Morgan fingerprint density at radius 3 is 2.35 bits per heavy atom. The lowest BCUT2D eigenvalue weighted by Gasteiger charge is -2.39. The van der Waals surface area contributed by atoms with Crippen LogP contribution in [0.2, 0.25) is 0 Å². The number of methoxy groups -OCH3 is 2. The summed E-state index contributed by atoms with van der Waals surface area (Å²) in [5, 5.41) is 0. The minimum Gasteiger partial charge on any atom is -0.493 e. The summed E-state index contributed by atoms with van der Waals surface area (Å²) in [5.41, 5.74) is 3.25. The van der Waals surface area contributed by atoms with Gasteiger partial charge in [-0.2, -0.15) is 0 Å². The van der Waals surface area contributed by atoms with Crippen LogP contribution in [0.5, 0.6) is 11.5 Å². The van der Waals surface area contributed by atoms with Gasteiger partial charge >= 0.3 is 0 Å². The fourth-order valence-corrected chi connectivity index (χ4v) is 4.81. The molecule has 2 aliphatic heterocycles. The van der Waals surface area contributed by atoms with Crippen molar-refractivity contribution in [3.63, 3.8) is 0 Å². The van der Waals surface area contributed by atoms with Crippen molar-refractivity contribution in [3.05, 3.63) is 59.2 Å². The van der Waals surface area contributed by atoms with Gasteiger partial charge in [0.05, 0.1) is 26.2 Å². The molecular formula is C25H30N2O4. The summed E-state index contributed by atoms with van der Waals surface area (Å²) in [5.74, 6) is 1.15. The Hall–Kier alpha value is -3.02. The van der Waals surface area contributed by atoms with Crippen molar-refractivity contribution in [2.45, 2.75) is 38.8 Å². The van der Waals surface area contributed by atoms with Crippen LogP contribution in [0.4, 0.5) is 0 Å². The second-order valence-electron chi connectivity index (χ2n) is 8.54. The van der Waals surface area contributed by atoms with Gasteiger partial charge in [0.15, 0.2) is 11.5 Å². The van der Waals surface area contributed by atoms with Crippen LogP contribution in [0, 0.1) is 5.92 Å². The molecule has 1 saturated heterocycles. The molecular weight excluding hydrogens is 392 g/mol. The van der Waals surface area contributed by atoms with Gasteiger partial charge in [0.25, 0.3) is 0 Å². The van der Waals surface area contributed by atoms with Gasteiger partial charge in [0.2, 0.25) is 11.8 Å². The molecule has 2 amide bonds. The van der Waals surface area contributed by atoms with Gasteiger partial charge in [0, 0.05) is 25.6 Å². The molecule has 6 nitrogen and oxygen atoms in total. The Balaban J connectivity index is 1.74. The fourth-order valence-electron chi connectivity index (χ4n) is 4.81. The van der Waals surface area contributed by atoms with Gasteiger partial charge < -0.3 is 19.3 Å². The second-order valence-corrected chi connectivity index (χ2v) is 8.54. The molecule has 0 saturated carbocycles. The van der Waals surface area contributed by atoms with E-state index in [1.165, 1.54) is 0 Å². The van der Waals surface area contributed by atoms with E-state index in [4.69, 9.17) is 9.47 Å². The zero-order valence-electron chi connectivity index (χ0n) is 18.6. The largest absolute Gasteiger partial charge is 0.493 e. The lowest BCUT2D eigenvalue weighted by Crippen LogP contribution is -2.44. The monoisotopic (exact) mass is 422 g/mol. The van der Waals surface area contributed by atoms with E-state index in [9.17, 15) is 9.59 Å². The van der Waals surface area contributed by atoms with Crippen LogP contribution in [0.3, 0.4) is 0 Å². The Labute approximate surface area is 183 Å². The highest BCUT2D eigenvalue weighted by atomic mass is 16.5. The van der Waals surface area contributed by atoms with Crippen LogP contribution < -0.4 is 9.47 Å². The maximum atomic E-state index is 13.7. The van der Waals surface area contributed by atoms with Crippen molar-refractivity contribution >= 4 is 11.8 Å². The highest BCUT2D eigenvalue weighted by Crippen LogP contribution is 2.42. The second kappa shape index (κ2) is 8.61. The van der Waals surface area contributed by atoms with E-state index in [1.807, 2.05) is 54.0 Å². The van der Waals surface area contributed by atoms with Crippen molar-refractivity contribution in [1.82, 2.24) is 9.80 Å². The minimum absolute atomic E-state index is 0.0470. The van der Waals surface area contributed by atoms with E-state index in [-0.39, 0.29) is 36.2 Å². The average Bonchev–Trinajstić information content (AvgIpc) is 3.19. The molecule has 0 radical (unpaired) electrons. The van der Waals surface area contributed by atoms with E-state index in [2.05, 4.69) is 12.1 Å². The molecule has 2 unspecified atom stereocenters. The lowest BCUT2D eigenvalue weighted by molar-refractivity contribution is -0.137. The lowest BCUT2D eigenvalue weighted by atomic mass is 9.86. The summed E-state index contributed by atoms with van der Waals surface area (Å²) in [6, 6.07) is 14.0. The number of likely N-dealkylation sites (tertiary alicyclic amines) is 1. The molecule has 2 heterocycles. The minimum atomic E-state index is -0.303.